The van der Waals surface area contributed by atoms with Crippen LogP contribution in [0.3, 0.4) is 0 Å². The molecule has 0 saturated carbocycles. The molecule has 0 spiro atoms. The van der Waals surface area contributed by atoms with Crippen molar-refractivity contribution in [3.8, 4) is 6.07 Å². The van der Waals surface area contributed by atoms with Gasteiger partial charge in [-0.3, -0.25) is 0 Å². The first-order chi connectivity index (χ1) is 8.72. The molecular weight excluding hydrogens is 310 g/mol. The van der Waals surface area contributed by atoms with Gasteiger partial charge in [0.1, 0.15) is 6.07 Å². The summed E-state index contributed by atoms with van der Waals surface area (Å²) in [7, 11) is 0. The Balaban J connectivity index is 2.27. The van der Waals surface area contributed by atoms with Gasteiger partial charge in [0.05, 0.1) is 12.2 Å². The van der Waals surface area contributed by atoms with Gasteiger partial charge in [-0.15, -0.1) is 0 Å². The Morgan fingerprint density at radius 3 is 2.50 bits per heavy atom. The van der Waals surface area contributed by atoms with Crippen LogP contribution in [0.4, 0.5) is 0 Å². The molecule has 0 amide bonds. The standard InChI is InChI=1S/C14H10BrNOS/c15-12-4-3-11(8-16)14(7-12)18-13-5-1-10(9-17)2-6-13/h1-7,17H,9H2. The van der Waals surface area contributed by atoms with Crippen LogP contribution in [-0.2, 0) is 6.61 Å². The van der Waals surface area contributed by atoms with Crippen LogP contribution in [0.15, 0.2) is 56.7 Å². The summed E-state index contributed by atoms with van der Waals surface area (Å²) in [5.74, 6) is 0. The summed E-state index contributed by atoms with van der Waals surface area (Å²) in [5, 5.41) is 18.0. The molecule has 0 fully saturated rings. The van der Waals surface area contributed by atoms with E-state index >= 15 is 0 Å². The maximum atomic E-state index is 9.06. The minimum atomic E-state index is 0.0469. The summed E-state index contributed by atoms with van der Waals surface area (Å²) in [4.78, 5) is 1.96. The molecule has 0 aliphatic heterocycles. The Kier molecular flexibility index (Phi) is 4.43. The van der Waals surface area contributed by atoms with E-state index in [4.69, 9.17) is 10.4 Å². The third-order valence-electron chi connectivity index (χ3n) is 2.40. The lowest BCUT2D eigenvalue weighted by molar-refractivity contribution is 0.282. The Morgan fingerprint density at radius 2 is 1.89 bits per heavy atom. The van der Waals surface area contributed by atoms with E-state index in [1.807, 2.05) is 36.4 Å². The summed E-state index contributed by atoms with van der Waals surface area (Å²) >= 11 is 4.94. The molecule has 4 heteroatoms. The van der Waals surface area contributed by atoms with E-state index in [1.165, 1.54) is 11.8 Å². The highest BCUT2D eigenvalue weighted by Crippen LogP contribution is 2.32. The number of hydrogen-bond donors (Lipinski definition) is 1. The van der Waals surface area contributed by atoms with Crippen molar-refractivity contribution >= 4 is 27.7 Å². The Morgan fingerprint density at radius 1 is 1.17 bits per heavy atom. The van der Waals surface area contributed by atoms with Crippen LogP contribution >= 0.6 is 27.7 Å². The molecule has 18 heavy (non-hydrogen) atoms. The van der Waals surface area contributed by atoms with E-state index in [-0.39, 0.29) is 6.61 Å². The van der Waals surface area contributed by atoms with Crippen molar-refractivity contribution in [1.82, 2.24) is 0 Å². The normalized spacial score (nSPS) is 10.1. The quantitative estimate of drug-likeness (QED) is 0.931. The number of aliphatic hydroxyl groups excluding tert-OH is 1. The highest BCUT2D eigenvalue weighted by Gasteiger charge is 2.05. The second kappa shape index (κ2) is 6.05. The smallest absolute Gasteiger partial charge is 0.100 e. The van der Waals surface area contributed by atoms with Crippen LogP contribution < -0.4 is 0 Å². The van der Waals surface area contributed by atoms with Gasteiger partial charge in [-0.1, -0.05) is 39.8 Å². The van der Waals surface area contributed by atoms with Crippen LogP contribution in [-0.4, -0.2) is 5.11 Å². The van der Waals surface area contributed by atoms with Gasteiger partial charge in [0.25, 0.3) is 0 Å². The van der Waals surface area contributed by atoms with Crippen molar-refractivity contribution in [2.24, 2.45) is 0 Å². The molecule has 0 aliphatic rings. The fraction of sp³-hybridized carbons (Fsp3) is 0.0714. The van der Waals surface area contributed by atoms with Crippen LogP contribution in [0.25, 0.3) is 0 Å². The highest BCUT2D eigenvalue weighted by molar-refractivity contribution is 9.10. The molecule has 0 saturated heterocycles. The zero-order valence-electron chi connectivity index (χ0n) is 9.43. The second-order valence-corrected chi connectivity index (χ2v) is 5.69. The van der Waals surface area contributed by atoms with Gasteiger partial charge in [-0.05, 0) is 35.9 Å². The molecule has 2 aromatic carbocycles. The van der Waals surface area contributed by atoms with Gasteiger partial charge < -0.3 is 5.11 Å². The van der Waals surface area contributed by atoms with E-state index in [9.17, 15) is 0 Å². The van der Waals surface area contributed by atoms with Crippen molar-refractivity contribution in [3.05, 3.63) is 58.1 Å². The van der Waals surface area contributed by atoms with Gasteiger partial charge in [-0.2, -0.15) is 5.26 Å². The van der Waals surface area contributed by atoms with E-state index < -0.39 is 0 Å². The molecule has 0 unspecified atom stereocenters. The van der Waals surface area contributed by atoms with Crippen molar-refractivity contribution in [1.29, 1.82) is 5.26 Å². The maximum Gasteiger partial charge on any atom is 0.100 e. The van der Waals surface area contributed by atoms with Crippen LogP contribution in [0, 0.1) is 11.3 Å². The summed E-state index contributed by atoms with van der Waals surface area (Å²) in [5.41, 5.74) is 1.54. The average molecular weight is 320 g/mol. The Labute approximate surface area is 118 Å². The molecule has 0 heterocycles. The molecule has 0 bridgehead atoms. The molecule has 0 radical (unpaired) electrons. The lowest BCUT2D eigenvalue weighted by atomic mass is 10.2. The van der Waals surface area contributed by atoms with Crippen molar-refractivity contribution in [3.63, 3.8) is 0 Å². The van der Waals surface area contributed by atoms with Crippen molar-refractivity contribution < 1.29 is 5.11 Å². The fourth-order valence-corrected chi connectivity index (χ4v) is 2.91. The number of rotatable bonds is 3. The molecular formula is C14H10BrNOS. The SMILES string of the molecule is N#Cc1ccc(Br)cc1Sc1ccc(CO)cc1. The zero-order valence-corrected chi connectivity index (χ0v) is 11.8. The number of hydrogen-bond acceptors (Lipinski definition) is 3. The average Bonchev–Trinajstić information content (AvgIpc) is 2.40. The fourth-order valence-electron chi connectivity index (χ4n) is 1.46. The van der Waals surface area contributed by atoms with Gasteiger partial charge in [0.15, 0.2) is 0 Å². The third-order valence-corrected chi connectivity index (χ3v) is 3.96. The van der Waals surface area contributed by atoms with E-state index in [0.29, 0.717) is 5.56 Å². The van der Waals surface area contributed by atoms with Gasteiger partial charge >= 0.3 is 0 Å². The molecule has 2 rings (SSSR count). The molecule has 2 aromatic rings. The largest absolute Gasteiger partial charge is 0.392 e. The Hall–Kier alpha value is -1.28. The topological polar surface area (TPSA) is 44.0 Å². The first kappa shape index (κ1) is 13.2. The number of aliphatic hydroxyl groups is 1. The minimum Gasteiger partial charge on any atom is -0.392 e. The lowest BCUT2D eigenvalue weighted by Crippen LogP contribution is -1.84. The molecule has 0 atom stereocenters. The Bertz CT molecular complexity index is 590. The monoisotopic (exact) mass is 319 g/mol. The number of nitrogens with zero attached hydrogens (tertiary/aromatic N) is 1. The molecule has 0 aromatic heterocycles. The molecule has 90 valence electrons. The predicted molar refractivity (Wildman–Crippen MR) is 75.3 cm³/mol. The van der Waals surface area contributed by atoms with Gasteiger partial charge in [0, 0.05) is 14.3 Å². The maximum absolute atomic E-state index is 9.06. The van der Waals surface area contributed by atoms with Crippen molar-refractivity contribution in [2.75, 3.05) is 0 Å². The number of nitriles is 1. The minimum absolute atomic E-state index is 0.0469. The van der Waals surface area contributed by atoms with Gasteiger partial charge in [-0.25, -0.2) is 0 Å². The number of benzene rings is 2. The summed E-state index contributed by atoms with van der Waals surface area (Å²) in [6.45, 7) is 0.0469. The van der Waals surface area contributed by atoms with Crippen LogP contribution in [0.2, 0.25) is 0 Å². The van der Waals surface area contributed by atoms with E-state index in [0.717, 1.165) is 19.8 Å². The van der Waals surface area contributed by atoms with E-state index in [1.54, 1.807) is 6.07 Å². The first-order valence-corrected chi connectivity index (χ1v) is 6.91. The van der Waals surface area contributed by atoms with E-state index in [2.05, 4.69) is 22.0 Å². The predicted octanol–water partition coefficient (Wildman–Crippen LogP) is 3.96. The third kappa shape index (κ3) is 3.14. The summed E-state index contributed by atoms with van der Waals surface area (Å²) < 4.78 is 0.955. The molecule has 1 N–H and O–H groups in total. The highest BCUT2D eigenvalue weighted by atomic mass is 79.9. The number of halogens is 1. The zero-order chi connectivity index (χ0) is 13.0. The van der Waals surface area contributed by atoms with Crippen molar-refractivity contribution in [2.45, 2.75) is 16.4 Å². The van der Waals surface area contributed by atoms with Gasteiger partial charge in [0.2, 0.25) is 0 Å². The first-order valence-electron chi connectivity index (χ1n) is 5.30. The summed E-state index contributed by atoms with van der Waals surface area (Å²) in [6.07, 6.45) is 0. The van der Waals surface area contributed by atoms with Crippen LogP contribution in [0.5, 0.6) is 0 Å². The van der Waals surface area contributed by atoms with Crippen LogP contribution in [0.1, 0.15) is 11.1 Å². The second-order valence-electron chi connectivity index (χ2n) is 3.66. The molecule has 2 nitrogen and oxygen atoms in total. The lowest BCUT2D eigenvalue weighted by Gasteiger charge is -2.05. The molecule has 0 aliphatic carbocycles. The summed E-state index contributed by atoms with van der Waals surface area (Å²) in [6, 6.07) is 15.4.